The lowest BCUT2D eigenvalue weighted by molar-refractivity contribution is -0.114. The van der Waals surface area contributed by atoms with Gasteiger partial charge in [0.25, 0.3) is 5.91 Å². The van der Waals surface area contributed by atoms with E-state index in [2.05, 4.69) is 15.7 Å². The van der Waals surface area contributed by atoms with Crippen molar-refractivity contribution in [2.45, 2.75) is 27.7 Å². The Morgan fingerprint density at radius 2 is 1.56 bits per heavy atom. The van der Waals surface area contributed by atoms with Gasteiger partial charge in [-0.3, -0.25) is 9.59 Å². The molecule has 2 N–H and O–H groups in total. The Morgan fingerprint density at radius 3 is 2.09 bits per heavy atom. The number of para-hydroxylation sites is 1. The van der Waals surface area contributed by atoms with Crippen LogP contribution in [0.4, 0.5) is 11.4 Å². The third kappa shape index (κ3) is 5.03. The average Bonchev–Trinajstić information content (AvgIpc) is 3.05. The molecule has 3 aromatic rings. The number of ether oxygens (including phenoxy) is 2. The summed E-state index contributed by atoms with van der Waals surface area (Å²) in [6.45, 7) is 7.51. The van der Waals surface area contributed by atoms with Gasteiger partial charge in [-0.15, -0.1) is 0 Å². The fraction of sp³-hybridized carbons (Fsp3) is 0.261. The van der Waals surface area contributed by atoms with Crippen molar-refractivity contribution in [1.29, 1.82) is 0 Å². The largest absolute Gasteiger partial charge is 0.492 e. The zero-order valence-electron chi connectivity index (χ0n) is 18.4. The molecule has 2 amide bonds. The Bertz CT molecular complexity index is 1130. The van der Waals surface area contributed by atoms with Crippen LogP contribution in [-0.2, 0) is 4.79 Å². The van der Waals surface area contributed by atoms with Crippen LogP contribution >= 0.6 is 11.6 Å². The maximum absolute atomic E-state index is 13.2. The summed E-state index contributed by atoms with van der Waals surface area (Å²) in [7, 11) is 0. The van der Waals surface area contributed by atoms with Crippen molar-refractivity contribution in [2.24, 2.45) is 0 Å². The topological polar surface area (TPSA) is 94.5 Å². The predicted molar refractivity (Wildman–Crippen MR) is 124 cm³/mol. The number of anilines is 2. The maximum Gasteiger partial charge on any atom is 0.260 e. The summed E-state index contributed by atoms with van der Waals surface area (Å²) in [4.78, 5) is 24.8. The van der Waals surface area contributed by atoms with Crippen LogP contribution in [0.25, 0.3) is 5.69 Å². The molecule has 32 heavy (non-hydrogen) atoms. The minimum absolute atomic E-state index is 0.198. The smallest absolute Gasteiger partial charge is 0.260 e. The lowest BCUT2D eigenvalue weighted by Gasteiger charge is -2.17. The highest BCUT2D eigenvalue weighted by atomic mass is 35.5. The molecule has 8 nitrogen and oxygen atoms in total. The van der Waals surface area contributed by atoms with Crippen molar-refractivity contribution in [2.75, 3.05) is 23.8 Å². The van der Waals surface area contributed by atoms with Crippen molar-refractivity contribution in [3.05, 3.63) is 58.9 Å². The first-order chi connectivity index (χ1) is 15.3. The summed E-state index contributed by atoms with van der Waals surface area (Å²) < 4.78 is 12.8. The summed E-state index contributed by atoms with van der Waals surface area (Å²) in [5, 5.41) is 10.2. The Balaban J connectivity index is 1.99. The molecule has 0 radical (unpaired) electrons. The molecule has 0 aliphatic carbocycles. The second-order valence-corrected chi connectivity index (χ2v) is 7.20. The van der Waals surface area contributed by atoms with Gasteiger partial charge in [-0.05, 0) is 32.9 Å². The number of amides is 2. The zero-order chi connectivity index (χ0) is 23.3. The summed E-state index contributed by atoms with van der Waals surface area (Å²) in [6, 6.07) is 12.5. The van der Waals surface area contributed by atoms with E-state index in [1.54, 1.807) is 19.1 Å². The normalized spacial score (nSPS) is 10.5. The van der Waals surface area contributed by atoms with Crippen LogP contribution in [0.1, 0.15) is 36.8 Å². The number of rotatable bonds is 8. The predicted octanol–water partition coefficient (Wildman–Crippen LogP) is 4.84. The standard InChI is InChI=1S/C23H25ClN4O4/c1-5-31-19-13-18(20(32-6-2)12-17(19)25-15(4)29)26-23(30)21-14(3)27-28(22(21)24)16-10-8-7-9-11-16/h7-13H,5-6H2,1-4H3,(H,25,29)(H,26,30). The van der Waals surface area contributed by atoms with E-state index < -0.39 is 5.91 Å². The minimum Gasteiger partial charge on any atom is -0.492 e. The fourth-order valence-electron chi connectivity index (χ4n) is 3.18. The molecule has 0 saturated heterocycles. The third-order valence-electron chi connectivity index (χ3n) is 4.47. The molecular weight excluding hydrogens is 432 g/mol. The quantitative estimate of drug-likeness (QED) is 0.505. The van der Waals surface area contributed by atoms with Gasteiger partial charge in [-0.1, -0.05) is 29.8 Å². The van der Waals surface area contributed by atoms with Crippen molar-refractivity contribution in [3.63, 3.8) is 0 Å². The van der Waals surface area contributed by atoms with Gasteiger partial charge in [0, 0.05) is 19.1 Å². The number of carbonyl (C=O) groups excluding carboxylic acids is 2. The number of nitrogens with zero attached hydrogens (tertiary/aromatic N) is 2. The van der Waals surface area contributed by atoms with E-state index in [-0.39, 0.29) is 16.6 Å². The summed E-state index contributed by atoms with van der Waals surface area (Å²) in [5.74, 6) is 0.104. The Labute approximate surface area is 191 Å². The SMILES string of the molecule is CCOc1cc(NC(=O)c2c(C)nn(-c3ccccc3)c2Cl)c(OCC)cc1NC(C)=O. The first kappa shape index (κ1) is 23.1. The second-order valence-electron chi connectivity index (χ2n) is 6.84. The van der Waals surface area contributed by atoms with Gasteiger partial charge in [0.1, 0.15) is 22.2 Å². The molecule has 3 rings (SSSR count). The minimum atomic E-state index is -0.439. The summed E-state index contributed by atoms with van der Waals surface area (Å²) >= 11 is 6.53. The number of hydrogen-bond donors (Lipinski definition) is 2. The van der Waals surface area contributed by atoms with Crippen molar-refractivity contribution >= 4 is 34.8 Å². The molecule has 1 aromatic heterocycles. The maximum atomic E-state index is 13.2. The van der Waals surface area contributed by atoms with Gasteiger partial charge < -0.3 is 20.1 Å². The van der Waals surface area contributed by atoms with Crippen molar-refractivity contribution in [1.82, 2.24) is 9.78 Å². The number of benzene rings is 2. The molecule has 0 bridgehead atoms. The van der Waals surface area contributed by atoms with E-state index in [0.29, 0.717) is 41.8 Å². The van der Waals surface area contributed by atoms with Gasteiger partial charge in [-0.2, -0.15) is 5.10 Å². The van der Waals surface area contributed by atoms with Gasteiger partial charge in [-0.25, -0.2) is 4.68 Å². The molecule has 0 unspecified atom stereocenters. The highest BCUT2D eigenvalue weighted by molar-refractivity contribution is 6.34. The lowest BCUT2D eigenvalue weighted by Crippen LogP contribution is -2.15. The molecule has 9 heteroatoms. The van der Waals surface area contributed by atoms with Crippen LogP contribution in [-0.4, -0.2) is 34.8 Å². The van der Waals surface area contributed by atoms with Crippen LogP contribution in [0, 0.1) is 6.92 Å². The first-order valence-electron chi connectivity index (χ1n) is 10.2. The Morgan fingerprint density at radius 1 is 1.00 bits per heavy atom. The molecule has 1 heterocycles. The van der Waals surface area contributed by atoms with Crippen LogP contribution in [0.5, 0.6) is 11.5 Å². The second kappa shape index (κ2) is 10.2. The number of aromatic nitrogens is 2. The molecule has 0 atom stereocenters. The monoisotopic (exact) mass is 456 g/mol. The van der Waals surface area contributed by atoms with E-state index in [1.807, 2.05) is 44.2 Å². The zero-order valence-corrected chi connectivity index (χ0v) is 19.1. The molecule has 0 saturated carbocycles. The van der Waals surface area contributed by atoms with Gasteiger partial charge in [0.05, 0.1) is 36.0 Å². The fourth-order valence-corrected chi connectivity index (χ4v) is 3.53. The number of aryl methyl sites for hydroxylation is 1. The molecule has 0 aliphatic rings. The number of carbonyl (C=O) groups is 2. The number of hydrogen-bond acceptors (Lipinski definition) is 5. The molecule has 2 aromatic carbocycles. The van der Waals surface area contributed by atoms with Crippen LogP contribution in [0.3, 0.4) is 0 Å². The van der Waals surface area contributed by atoms with E-state index >= 15 is 0 Å². The van der Waals surface area contributed by atoms with Crippen LogP contribution in [0.2, 0.25) is 5.15 Å². The van der Waals surface area contributed by atoms with Crippen molar-refractivity contribution < 1.29 is 19.1 Å². The molecule has 168 valence electrons. The number of halogens is 1. The van der Waals surface area contributed by atoms with E-state index in [4.69, 9.17) is 21.1 Å². The van der Waals surface area contributed by atoms with Gasteiger partial charge >= 0.3 is 0 Å². The number of nitrogens with one attached hydrogen (secondary N) is 2. The van der Waals surface area contributed by atoms with Crippen molar-refractivity contribution in [3.8, 4) is 17.2 Å². The molecule has 0 aliphatic heterocycles. The third-order valence-corrected chi connectivity index (χ3v) is 4.82. The van der Waals surface area contributed by atoms with E-state index in [0.717, 1.165) is 5.69 Å². The van der Waals surface area contributed by atoms with Gasteiger partial charge in [0.15, 0.2) is 0 Å². The Hall–Kier alpha value is -3.52. The van der Waals surface area contributed by atoms with Crippen LogP contribution < -0.4 is 20.1 Å². The molecular formula is C23H25ClN4O4. The lowest BCUT2D eigenvalue weighted by atomic mass is 10.2. The van der Waals surface area contributed by atoms with E-state index in [1.165, 1.54) is 11.6 Å². The van der Waals surface area contributed by atoms with Crippen LogP contribution in [0.15, 0.2) is 42.5 Å². The highest BCUT2D eigenvalue weighted by Crippen LogP contribution is 2.37. The average molecular weight is 457 g/mol. The summed E-state index contributed by atoms with van der Waals surface area (Å²) in [6.07, 6.45) is 0. The van der Waals surface area contributed by atoms with E-state index in [9.17, 15) is 9.59 Å². The summed E-state index contributed by atoms with van der Waals surface area (Å²) in [5.41, 5.74) is 2.31. The Kier molecular flexibility index (Phi) is 7.37. The molecule has 0 fully saturated rings. The molecule has 0 spiro atoms. The van der Waals surface area contributed by atoms with Gasteiger partial charge in [0.2, 0.25) is 5.91 Å². The first-order valence-corrected chi connectivity index (χ1v) is 10.6. The highest BCUT2D eigenvalue weighted by Gasteiger charge is 2.23.